The number of aliphatic hydroxyl groups excluding tert-OH is 1. The van der Waals surface area contributed by atoms with Crippen molar-refractivity contribution in [2.75, 3.05) is 11.5 Å². The molecule has 1 N–H and O–H groups in total. The van der Waals surface area contributed by atoms with E-state index in [0.29, 0.717) is 17.6 Å². The number of pyridine rings is 1. The van der Waals surface area contributed by atoms with Gasteiger partial charge in [0.15, 0.2) is 0 Å². The third-order valence-corrected chi connectivity index (χ3v) is 6.99. The molecule has 2 atom stereocenters. The zero-order valence-corrected chi connectivity index (χ0v) is 17.6. The van der Waals surface area contributed by atoms with E-state index < -0.39 is 6.10 Å². The van der Waals surface area contributed by atoms with Crippen LogP contribution in [0.1, 0.15) is 29.3 Å². The fourth-order valence-electron chi connectivity index (χ4n) is 4.29. The Bertz CT molecular complexity index is 1280. The van der Waals surface area contributed by atoms with Crippen molar-refractivity contribution in [3.8, 4) is 0 Å². The van der Waals surface area contributed by atoms with E-state index in [1.54, 1.807) is 22.7 Å². The van der Waals surface area contributed by atoms with Crippen LogP contribution in [-0.4, -0.2) is 37.3 Å². The lowest BCUT2D eigenvalue weighted by Crippen LogP contribution is -2.36. The van der Waals surface area contributed by atoms with Gasteiger partial charge in [0.25, 0.3) is 5.56 Å². The zero-order valence-electron chi connectivity index (χ0n) is 16.8. The summed E-state index contributed by atoms with van der Waals surface area (Å²) in [6.45, 7) is 1.97. The van der Waals surface area contributed by atoms with Gasteiger partial charge in [-0.2, -0.15) is 11.8 Å². The Morgan fingerprint density at radius 3 is 2.73 bits per heavy atom. The van der Waals surface area contributed by atoms with Crippen molar-refractivity contribution < 1.29 is 5.11 Å². The maximum atomic E-state index is 13.5. The summed E-state index contributed by atoms with van der Waals surface area (Å²) in [4.78, 5) is 22.5. The maximum absolute atomic E-state index is 13.5. The molecule has 3 heterocycles. The van der Waals surface area contributed by atoms with Gasteiger partial charge in [0, 0.05) is 23.0 Å². The normalized spacial score (nSPS) is 19.4. The minimum absolute atomic E-state index is 0.0787. The zero-order chi connectivity index (χ0) is 20.7. The van der Waals surface area contributed by atoms with Crippen molar-refractivity contribution in [1.29, 1.82) is 0 Å². The molecule has 0 radical (unpaired) electrons. The van der Waals surface area contributed by atoms with Gasteiger partial charge in [-0.15, -0.1) is 0 Å². The van der Waals surface area contributed by atoms with Crippen molar-refractivity contribution in [3.63, 3.8) is 0 Å². The molecule has 1 aliphatic heterocycles. The molecule has 4 aromatic rings. The first-order valence-corrected chi connectivity index (χ1v) is 11.4. The molecule has 1 aliphatic rings. The lowest BCUT2D eigenvalue weighted by molar-refractivity contribution is 0.126. The number of aryl methyl sites for hydroxylation is 1. The molecule has 0 saturated carbocycles. The SMILES string of the molecule is Cc1ccc(Cc2cc3c(=O)n([C@H]4CCSC[C@@H]4O)cnc3c3ccccc23)cn1. The van der Waals surface area contributed by atoms with E-state index in [4.69, 9.17) is 0 Å². The number of benzene rings is 2. The summed E-state index contributed by atoms with van der Waals surface area (Å²) < 4.78 is 1.64. The first-order valence-electron chi connectivity index (χ1n) is 10.2. The average Bonchev–Trinajstić information content (AvgIpc) is 2.77. The summed E-state index contributed by atoms with van der Waals surface area (Å²) in [5, 5.41) is 13.1. The quantitative estimate of drug-likeness (QED) is 0.513. The van der Waals surface area contributed by atoms with Gasteiger partial charge >= 0.3 is 0 Å². The second kappa shape index (κ2) is 7.85. The van der Waals surface area contributed by atoms with E-state index in [1.165, 1.54) is 0 Å². The maximum Gasteiger partial charge on any atom is 0.261 e. The summed E-state index contributed by atoms with van der Waals surface area (Å²) in [7, 11) is 0. The molecule has 152 valence electrons. The smallest absolute Gasteiger partial charge is 0.261 e. The second-order valence-corrected chi connectivity index (χ2v) is 9.07. The van der Waals surface area contributed by atoms with Crippen LogP contribution in [0.25, 0.3) is 21.7 Å². The van der Waals surface area contributed by atoms with Gasteiger partial charge in [-0.1, -0.05) is 30.3 Å². The highest BCUT2D eigenvalue weighted by atomic mass is 32.2. The summed E-state index contributed by atoms with van der Waals surface area (Å²) in [5.74, 6) is 1.59. The van der Waals surface area contributed by atoms with Crippen LogP contribution in [0.15, 0.2) is 59.8 Å². The molecule has 0 amide bonds. The number of hydrogen-bond donors (Lipinski definition) is 1. The number of nitrogens with zero attached hydrogens (tertiary/aromatic N) is 3. The molecule has 5 rings (SSSR count). The fraction of sp³-hybridized carbons (Fsp3) is 0.292. The predicted molar refractivity (Wildman–Crippen MR) is 122 cm³/mol. The summed E-state index contributed by atoms with van der Waals surface area (Å²) in [6.07, 6.45) is 4.45. The van der Waals surface area contributed by atoms with Crippen molar-refractivity contribution in [2.24, 2.45) is 0 Å². The lowest BCUT2D eigenvalue weighted by Gasteiger charge is -2.28. The molecule has 0 bridgehead atoms. The Morgan fingerprint density at radius 2 is 1.97 bits per heavy atom. The molecule has 0 spiro atoms. The van der Waals surface area contributed by atoms with E-state index in [-0.39, 0.29) is 11.6 Å². The molecule has 0 unspecified atom stereocenters. The van der Waals surface area contributed by atoms with Crippen LogP contribution in [0.4, 0.5) is 0 Å². The molecule has 1 fully saturated rings. The number of hydrogen-bond acceptors (Lipinski definition) is 5. The fourth-order valence-corrected chi connectivity index (χ4v) is 5.33. The van der Waals surface area contributed by atoms with Crippen molar-refractivity contribution >= 4 is 33.4 Å². The van der Waals surface area contributed by atoms with Gasteiger partial charge in [0.05, 0.1) is 29.4 Å². The van der Waals surface area contributed by atoms with Gasteiger partial charge in [-0.05, 0) is 54.2 Å². The largest absolute Gasteiger partial charge is 0.390 e. The van der Waals surface area contributed by atoms with Gasteiger partial charge in [0.2, 0.25) is 0 Å². The van der Waals surface area contributed by atoms with Crippen molar-refractivity contribution in [3.05, 3.63) is 82.2 Å². The summed E-state index contributed by atoms with van der Waals surface area (Å²) >= 11 is 1.73. The van der Waals surface area contributed by atoms with Gasteiger partial charge in [-0.25, -0.2) is 4.98 Å². The highest BCUT2D eigenvalue weighted by Crippen LogP contribution is 2.30. The average molecular weight is 418 g/mol. The minimum atomic E-state index is -0.528. The molecule has 2 aromatic heterocycles. The van der Waals surface area contributed by atoms with Crippen LogP contribution in [0.5, 0.6) is 0 Å². The van der Waals surface area contributed by atoms with E-state index in [0.717, 1.165) is 45.3 Å². The Kier molecular flexibility index (Phi) is 5.05. The molecule has 5 nitrogen and oxygen atoms in total. The Labute approximate surface area is 178 Å². The van der Waals surface area contributed by atoms with E-state index in [2.05, 4.69) is 22.1 Å². The molecule has 6 heteroatoms. The number of rotatable bonds is 3. The highest BCUT2D eigenvalue weighted by molar-refractivity contribution is 7.99. The molecular weight excluding hydrogens is 394 g/mol. The van der Waals surface area contributed by atoms with Crippen LogP contribution in [-0.2, 0) is 6.42 Å². The summed E-state index contributed by atoms with van der Waals surface area (Å²) in [6, 6.07) is 14.0. The molecule has 30 heavy (non-hydrogen) atoms. The molecular formula is C24H23N3O2S. The molecule has 2 aromatic carbocycles. The Morgan fingerprint density at radius 1 is 1.13 bits per heavy atom. The van der Waals surface area contributed by atoms with Crippen molar-refractivity contribution in [2.45, 2.75) is 31.9 Å². The van der Waals surface area contributed by atoms with Crippen LogP contribution in [0, 0.1) is 6.92 Å². The van der Waals surface area contributed by atoms with Crippen LogP contribution < -0.4 is 5.56 Å². The standard InChI is InChI=1S/C24H23N3O2S/c1-15-6-7-16(12-25-15)10-17-11-20-23(19-5-3-2-4-18(17)19)26-14-27(24(20)29)21-8-9-30-13-22(21)28/h2-7,11-12,14,21-22,28H,8-10,13H2,1H3/t21-,22-/m0/s1. The lowest BCUT2D eigenvalue weighted by atomic mass is 9.96. The van der Waals surface area contributed by atoms with Crippen LogP contribution in [0.3, 0.4) is 0 Å². The van der Waals surface area contributed by atoms with Gasteiger partial charge < -0.3 is 5.11 Å². The van der Waals surface area contributed by atoms with Crippen LogP contribution in [0.2, 0.25) is 0 Å². The number of thioether (sulfide) groups is 1. The Hall–Kier alpha value is -2.70. The molecule has 0 aliphatic carbocycles. The first kappa shape index (κ1) is 19.3. The van der Waals surface area contributed by atoms with E-state index in [9.17, 15) is 9.90 Å². The van der Waals surface area contributed by atoms with Gasteiger partial charge in [0.1, 0.15) is 0 Å². The number of aromatic nitrogens is 3. The number of fused-ring (bicyclic) bond motifs is 3. The van der Waals surface area contributed by atoms with E-state index in [1.807, 2.05) is 43.5 Å². The minimum Gasteiger partial charge on any atom is -0.390 e. The first-order chi connectivity index (χ1) is 14.6. The number of aliphatic hydroxyl groups is 1. The molecule has 1 saturated heterocycles. The van der Waals surface area contributed by atoms with Crippen LogP contribution >= 0.6 is 11.8 Å². The monoisotopic (exact) mass is 417 g/mol. The van der Waals surface area contributed by atoms with Crippen molar-refractivity contribution in [1.82, 2.24) is 14.5 Å². The highest BCUT2D eigenvalue weighted by Gasteiger charge is 2.26. The third-order valence-electron chi connectivity index (χ3n) is 5.89. The second-order valence-electron chi connectivity index (χ2n) is 7.92. The predicted octanol–water partition coefficient (Wildman–Crippen LogP) is 3.88. The Balaban J connectivity index is 1.70. The van der Waals surface area contributed by atoms with E-state index >= 15 is 0 Å². The van der Waals surface area contributed by atoms with Gasteiger partial charge in [-0.3, -0.25) is 14.3 Å². The summed E-state index contributed by atoms with van der Waals surface area (Å²) in [5.41, 5.74) is 3.81. The topological polar surface area (TPSA) is 68.0 Å². The third kappa shape index (κ3) is 3.40.